The molecule has 0 saturated carbocycles. The third-order valence-electron chi connectivity index (χ3n) is 6.22. The van der Waals surface area contributed by atoms with E-state index in [9.17, 15) is 19.1 Å². The summed E-state index contributed by atoms with van der Waals surface area (Å²) in [5.41, 5.74) is -0.100. The first kappa shape index (κ1) is 23.2. The van der Waals surface area contributed by atoms with Crippen LogP contribution in [0.4, 0.5) is 19.3 Å². The summed E-state index contributed by atoms with van der Waals surface area (Å²) >= 11 is 0. The summed E-state index contributed by atoms with van der Waals surface area (Å²) in [5.74, 6) is -0.336. The predicted molar refractivity (Wildman–Crippen MR) is 119 cm³/mol. The highest BCUT2D eigenvalue weighted by Crippen LogP contribution is 2.31. The highest BCUT2D eigenvalue weighted by molar-refractivity contribution is 6.01. The van der Waals surface area contributed by atoms with E-state index in [1.807, 2.05) is 4.90 Å². The van der Waals surface area contributed by atoms with Crippen molar-refractivity contribution in [3.8, 4) is 5.69 Å². The molecule has 10 heteroatoms. The number of anilines is 1. The van der Waals surface area contributed by atoms with E-state index in [0.29, 0.717) is 44.0 Å². The minimum absolute atomic E-state index is 0.118. The first-order valence-electron chi connectivity index (χ1n) is 11.1. The summed E-state index contributed by atoms with van der Waals surface area (Å²) in [5, 5.41) is 9.63. The Bertz CT molecular complexity index is 1050. The molecule has 2 atom stereocenters. The number of hydrogen-bond donors (Lipinski definition) is 1. The number of aromatic nitrogens is 2. The van der Waals surface area contributed by atoms with Crippen LogP contribution in [0.2, 0.25) is 0 Å². The quantitative estimate of drug-likeness (QED) is 0.738. The number of carboxylic acid groups (broad SMARTS) is 1. The van der Waals surface area contributed by atoms with Gasteiger partial charge in [0.05, 0.1) is 12.2 Å². The molecule has 2 aromatic rings. The third kappa shape index (κ3) is 4.57. The summed E-state index contributed by atoms with van der Waals surface area (Å²) in [7, 11) is 0. The second kappa shape index (κ2) is 8.74. The van der Waals surface area contributed by atoms with Crippen LogP contribution in [0.5, 0.6) is 0 Å². The Kier molecular flexibility index (Phi) is 6.13. The van der Waals surface area contributed by atoms with Gasteiger partial charge in [0, 0.05) is 49.3 Å². The maximum atomic E-state index is 15.2. The SMILES string of the molecule is CC(C)(C)N(C(=O)O)C1CCN(c2ccc(-n3ccnc3CN3CCC(F)C3)cc2F)C1=O. The number of carbonyl (C=O) groups excluding carboxylic acids is 1. The molecule has 8 nitrogen and oxygen atoms in total. The van der Waals surface area contributed by atoms with Gasteiger partial charge in [-0.3, -0.25) is 14.6 Å². The zero-order valence-electron chi connectivity index (χ0n) is 19.0. The van der Waals surface area contributed by atoms with Crippen LogP contribution in [0, 0.1) is 5.82 Å². The van der Waals surface area contributed by atoms with Gasteiger partial charge in [0.1, 0.15) is 23.9 Å². The minimum Gasteiger partial charge on any atom is -0.465 e. The fourth-order valence-electron chi connectivity index (χ4n) is 4.71. The van der Waals surface area contributed by atoms with Gasteiger partial charge >= 0.3 is 6.09 Å². The Morgan fingerprint density at radius 3 is 2.64 bits per heavy atom. The van der Waals surface area contributed by atoms with Crippen LogP contribution in [0.3, 0.4) is 0 Å². The smallest absolute Gasteiger partial charge is 0.408 e. The first-order valence-corrected chi connectivity index (χ1v) is 11.1. The first-order chi connectivity index (χ1) is 15.6. The van der Waals surface area contributed by atoms with Crippen LogP contribution in [-0.2, 0) is 11.3 Å². The van der Waals surface area contributed by atoms with E-state index in [0.717, 1.165) is 4.90 Å². The van der Waals surface area contributed by atoms with Crippen molar-refractivity contribution in [3.05, 3.63) is 42.2 Å². The third-order valence-corrected chi connectivity index (χ3v) is 6.22. The number of carbonyl (C=O) groups is 2. The van der Waals surface area contributed by atoms with Crippen LogP contribution in [-0.4, -0.2) is 73.8 Å². The molecule has 1 aromatic carbocycles. The Labute approximate surface area is 191 Å². The molecule has 2 fully saturated rings. The van der Waals surface area contributed by atoms with Crippen LogP contribution in [0.25, 0.3) is 5.69 Å². The molecule has 33 heavy (non-hydrogen) atoms. The number of halogens is 2. The molecule has 178 valence electrons. The average Bonchev–Trinajstić information content (AvgIpc) is 3.43. The number of nitrogens with zero attached hydrogens (tertiary/aromatic N) is 5. The van der Waals surface area contributed by atoms with Crippen LogP contribution in [0.15, 0.2) is 30.6 Å². The molecule has 0 spiro atoms. The van der Waals surface area contributed by atoms with Crippen molar-refractivity contribution >= 4 is 17.7 Å². The van der Waals surface area contributed by atoms with Crippen LogP contribution >= 0.6 is 0 Å². The van der Waals surface area contributed by atoms with Crippen LogP contribution < -0.4 is 4.90 Å². The normalized spacial score (nSPS) is 21.7. The van der Waals surface area contributed by atoms with Crippen molar-refractivity contribution in [2.75, 3.05) is 24.5 Å². The van der Waals surface area contributed by atoms with E-state index in [4.69, 9.17) is 0 Å². The van der Waals surface area contributed by atoms with Gasteiger partial charge in [0.2, 0.25) is 5.91 Å². The van der Waals surface area contributed by atoms with Crippen molar-refractivity contribution in [2.24, 2.45) is 0 Å². The summed E-state index contributed by atoms with van der Waals surface area (Å²) < 4.78 is 30.4. The number of amides is 2. The molecule has 0 radical (unpaired) electrons. The van der Waals surface area contributed by atoms with Gasteiger partial charge in [-0.05, 0) is 45.7 Å². The Morgan fingerprint density at radius 1 is 1.27 bits per heavy atom. The van der Waals surface area contributed by atoms with Crippen molar-refractivity contribution in [2.45, 2.75) is 57.9 Å². The largest absolute Gasteiger partial charge is 0.465 e. The summed E-state index contributed by atoms with van der Waals surface area (Å²) in [6.45, 7) is 6.89. The highest BCUT2D eigenvalue weighted by Gasteiger charge is 2.44. The fraction of sp³-hybridized carbons (Fsp3) is 0.522. The second-order valence-electron chi connectivity index (χ2n) is 9.59. The lowest BCUT2D eigenvalue weighted by molar-refractivity contribution is -0.122. The van der Waals surface area contributed by atoms with Gasteiger partial charge in [0.15, 0.2) is 0 Å². The van der Waals surface area contributed by atoms with E-state index in [-0.39, 0.29) is 12.2 Å². The van der Waals surface area contributed by atoms with Gasteiger partial charge in [-0.15, -0.1) is 0 Å². The number of benzene rings is 1. The molecule has 4 rings (SSSR count). The highest BCUT2D eigenvalue weighted by atomic mass is 19.1. The maximum Gasteiger partial charge on any atom is 0.408 e. The van der Waals surface area contributed by atoms with E-state index in [1.54, 1.807) is 43.8 Å². The topological polar surface area (TPSA) is 81.9 Å². The molecular weight excluding hydrogens is 432 g/mol. The number of likely N-dealkylation sites (tertiary alicyclic amines) is 1. The second-order valence-corrected chi connectivity index (χ2v) is 9.59. The van der Waals surface area contributed by atoms with E-state index < -0.39 is 35.6 Å². The van der Waals surface area contributed by atoms with E-state index in [1.165, 1.54) is 17.0 Å². The van der Waals surface area contributed by atoms with Gasteiger partial charge in [-0.2, -0.15) is 0 Å². The molecule has 0 aliphatic carbocycles. The zero-order valence-corrected chi connectivity index (χ0v) is 19.0. The molecule has 2 unspecified atom stereocenters. The molecule has 1 N–H and O–H groups in total. The lowest BCUT2D eigenvalue weighted by atomic mass is 10.0. The van der Waals surface area contributed by atoms with Crippen LogP contribution in [0.1, 0.15) is 39.4 Å². The Hall–Kier alpha value is -3.01. The molecule has 0 bridgehead atoms. The number of imidazole rings is 1. The lowest BCUT2D eigenvalue weighted by Gasteiger charge is -2.36. The fourth-order valence-corrected chi connectivity index (χ4v) is 4.71. The predicted octanol–water partition coefficient (Wildman–Crippen LogP) is 3.44. The molecule has 2 aliphatic heterocycles. The molecule has 3 heterocycles. The summed E-state index contributed by atoms with van der Waals surface area (Å²) in [6.07, 6.45) is 2.12. The van der Waals surface area contributed by atoms with Crippen molar-refractivity contribution in [1.29, 1.82) is 0 Å². The molecule has 1 aromatic heterocycles. The lowest BCUT2D eigenvalue weighted by Crippen LogP contribution is -2.54. The molecule has 2 amide bonds. The molecule has 2 saturated heterocycles. The number of rotatable bonds is 5. The van der Waals surface area contributed by atoms with Gasteiger partial charge in [-0.1, -0.05) is 0 Å². The summed E-state index contributed by atoms with van der Waals surface area (Å²) in [4.78, 5) is 33.6. The molecular formula is C23H29F2N5O3. The maximum absolute atomic E-state index is 15.2. The Morgan fingerprint density at radius 2 is 2.03 bits per heavy atom. The zero-order chi connectivity index (χ0) is 23.9. The number of hydrogen-bond acceptors (Lipinski definition) is 4. The van der Waals surface area contributed by atoms with Crippen molar-refractivity contribution in [3.63, 3.8) is 0 Å². The van der Waals surface area contributed by atoms with Crippen molar-refractivity contribution in [1.82, 2.24) is 19.4 Å². The monoisotopic (exact) mass is 461 g/mol. The van der Waals surface area contributed by atoms with Gasteiger partial charge in [0.25, 0.3) is 0 Å². The van der Waals surface area contributed by atoms with E-state index in [2.05, 4.69) is 4.98 Å². The standard InChI is InChI=1S/C23H29F2N5O3/c1-23(2,3)30(22(32)33)19-7-10-29(21(19)31)18-5-4-16(12-17(18)25)28-11-8-26-20(28)14-27-9-6-15(24)13-27/h4-5,8,11-12,15,19H,6-7,9-10,13-14H2,1-3H3,(H,32,33). The molecule has 2 aliphatic rings. The summed E-state index contributed by atoms with van der Waals surface area (Å²) in [6, 6.07) is 3.71. The van der Waals surface area contributed by atoms with E-state index >= 15 is 4.39 Å². The van der Waals surface area contributed by atoms with Crippen molar-refractivity contribution < 1.29 is 23.5 Å². The average molecular weight is 462 g/mol. The van der Waals surface area contributed by atoms with Gasteiger partial charge < -0.3 is 14.6 Å². The number of alkyl halides is 1. The van der Waals surface area contributed by atoms with Gasteiger partial charge in [-0.25, -0.2) is 18.6 Å². The Balaban J connectivity index is 1.54. The minimum atomic E-state index is -1.18.